The number of rotatable bonds is 7. The van der Waals surface area contributed by atoms with E-state index in [2.05, 4.69) is 15.4 Å². The number of sulfonamides is 1. The van der Waals surface area contributed by atoms with E-state index < -0.39 is 10.0 Å². The first-order chi connectivity index (χ1) is 15.5. The topological polar surface area (TPSA) is 84.1 Å². The third-order valence-electron chi connectivity index (χ3n) is 6.70. The van der Waals surface area contributed by atoms with E-state index in [9.17, 15) is 13.7 Å². The minimum absolute atomic E-state index is 0.0468. The molecule has 2 aliphatic rings. The summed E-state index contributed by atoms with van der Waals surface area (Å²) in [6.45, 7) is 2.54. The van der Waals surface area contributed by atoms with Crippen LogP contribution in [0.15, 0.2) is 47.4 Å². The van der Waals surface area contributed by atoms with Crippen molar-refractivity contribution in [3.8, 4) is 23.1 Å². The molecule has 2 fully saturated rings. The third kappa shape index (κ3) is 3.58. The molecule has 166 valence electrons. The van der Waals surface area contributed by atoms with E-state index in [1.54, 1.807) is 12.1 Å². The van der Waals surface area contributed by atoms with Crippen LogP contribution >= 0.6 is 0 Å². The zero-order valence-corrected chi connectivity index (χ0v) is 19.0. The lowest BCUT2D eigenvalue weighted by atomic mass is 9.92. The second-order valence-corrected chi connectivity index (χ2v) is 10.4. The van der Waals surface area contributed by atoms with Gasteiger partial charge in [0.2, 0.25) is 10.0 Å². The highest BCUT2D eigenvalue weighted by Crippen LogP contribution is 2.43. The van der Waals surface area contributed by atoms with Crippen molar-refractivity contribution in [2.75, 3.05) is 6.61 Å². The second-order valence-electron chi connectivity index (χ2n) is 8.68. The molecule has 0 bridgehead atoms. The number of hydrogen-bond donors (Lipinski definition) is 1. The van der Waals surface area contributed by atoms with Gasteiger partial charge in [0.1, 0.15) is 11.8 Å². The third-order valence-corrected chi connectivity index (χ3v) is 8.24. The second kappa shape index (κ2) is 8.27. The molecule has 32 heavy (non-hydrogen) atoms. The van der Waals surface area contributed by atoms with Gasteiger partial charge in [-0.15, -0.1) is 0 Å². The van der Waals surface area contributed by atoms with Crippen LogP contribution in [0.2, 0.25) is 0 Å². The average Bonchev–Trinajstić information content (AvgIpc) is 3.03. The summed E-state index contributed by atoms with van der Waals surface area (Å²) >= 11 is 0. The van der Waals surface area contributed by atoms with Crippen molar-refractivity contribution in [1.82, 2.24) is 9.29 Å². The lowest BCUT2D eigenvalue weighted by molar-refractivity contribution is 0.322. The molecule has 2 saturated carbocycles. The van der Waals surface area contributed by atoms with E-state index >= 15 is 0 Å². The number of benzene rings is 2. The van der Waals surface area contributed by atoms with Gasteiger partial charge in [0, 0.05) is 23.5 Å². The van der Waals surface area contributed by atoms with Crippen molar-refractivity contribution < 1.29 is 13.2 Å². The Morgan fingerprint density at radius 2 is 1.81 bits per heavy atom. The zero-order chi connectivity index (χ0) is 22.3. The first-order valence-corrected chi connectivity index (χ1v) is 12.8. The van der Waals surface area contributed by atoms with Crippen LogP contribution in [0.3, 0.4) is 0 Å². The van der Waals surface area contributed by atoms with Gasteiger partial charge in [0.05, 0.1) is 28.3 Å². The van der Waals surface area contributed by atoms with Gasteiger partial charge >= 0.3 is 0 Å². The van der Waals surface area contributed by atoms with E-state index in [0.29, 0.717) is 18.2 Å². The van der Waals surface area contributed by atoms with Gasteiger partial charge in [-0.3, -0.25) is 0 Å². The molecule has 5 rings (SSSR count). The van der Waals surface area contributed by atoms with Crippen molar-refractivity contribution in [3.63, 3.8) is 0 Å². The summed E-state index contributed by atoms with van der Waals surface area (Å²) in [6.07, 6.45) is 6.17. The fourth-order valence-electron chi connectivity index (χ4n) is 4.57. The van der Waals surface area contributed by atoms with Crippen LogP contribution in [0.4, 0.5) is 0 Å². The van der Waals surface area contributed by atoms with Gasteiger partial charge < -0.3 is 9.30 Å². The summed E-state index contributed by atoms with van der Waals surface area (Å²) in [6, 6.07) is 15.6. The summed E-state index contributed by atoms with van der Waals surface area (Å²) in [5, 5.41) is 11.0. The van der Waals surface area contributed by atoms with Crippen LogP contribution in [0.25, 0.3) is 22.2 Å². The van der Waals surface area contributed by atoms with Crippen LogP contribution in [-0.2, 0) is 10.0 Å². The van der Waals surface area contributed by atoms with Gasteiger partial charge in [-0.25, -0.2) is 13.1 Å². The maximum atomic E-state index is 12.7. The summed E-state index contributed by atoms with van der Waals surface area (Å²) in [4.78, 5) is 0.261. The number of nitriles is 1. The molecule has 2 aromatic carbocycles. The van der Waals surface area contributed by atoms with E-state index in [-0.39, 0.29) is 10.9 Å². The van der Waals surface area contributed by atoms with Crippen molar-refractivity contribution >= 4 is 20.9 Å². The van der Waals surface area contributed by atoms with Gasteiger partial charge in [-0.05, 0) is 68.9 Å². The van der Waals surface area contributed by atoms with Crippen molar-refractivity contribution in [2.24, 2.45) is 0 Å². The molecule has 1 aromatic heterocycles. The van der Waals surface area contributed by atoms with Crippen molar-refractivity contribution in [1.29, 1.82) is 5.26 Å². The number of nitrogens with zero attached hydrogens (tertiary/aromatic N) is 2. The molecule has 0 atom stereocenters. The van der Waals surface area contributed by atoms with E-state index in [1.165, 1.54) is 6.42 Å². The maximum absolute atomic E-state index is 12.7. The molecule has 0 spiro atoms. The normalized spacial score (nSPS) is 17.0. The largest absolute Gasteiger partial charge is 0.494 e. The highest BCUT2D eigenvalue weighted by atomic mass is 32.2. The van der Waals surface area contributed by atoms with Gasteiger partial charge in [0.15, 0.2) is 0 Å². The fourth-order valence-corrected chi connectivity index (χ4v) is 5.88. The maximum Gasteiger partial charge on any atom is 0.240 e. The summed E-state index contributed by atoms with van der Waals surface area (Å²) < 4.78 is 36.1. The average molecular weight is 450 g/mol. The summed E-state index contributed by atoms with van der Waals surface area (Å²) in [5.41, 5.74) is 3.33. The lowest BCUT2D eigenvalue weighted by Gasteiger charge is -2.30. The molecule has 0 unspecified atom stereocenters. The predicted octanol–water partition coefficient (Wildman–Crippen LogP) is 5.13. The molecule has 2 aliphatic carbocycles. The molecule has 0 saturated heterocycles. The highest BCUT2D eigenvalue weighted by molar-refractivity contribution is 7.89. The van der Waals surface area contributed by atoms with Crippen LogP contribution in [0.1, 0.15) is 57.1 Å². The van der Waals surface area contributed by atoms with Crippen LogP contribution in [-0.4, -0.2) is 25.6 Å². The van der Waals surface area contributed by atoms with Crippen molar-refractivity contribution in [3.05, 3.63) is 48.0 Å². The van der Waals surface area contributed by atoms with Gasteiger partial charge in [0.25, 0.3) is 0 Å². The highest BCUT2D eigenvalue weighted by Gasteiger charge is 2.29. The summed E-state index contributed by atoms with van der Waals surface area (Å²) in [5.74, 6) is 0.789. The molecular weight excluding hydrogens is 422 g/mol. The van der Waals surface area contributed by atoms with E-state index in [1.807, 2.05) is 37.3 Å². The quantitative estimate of drug-likeness (QED) is 0.542. The van der Waals surface area contributed by atoms with Crippen LogP contribution in [0.5, 0.6) is 5.75 Å². The Labute approximate surface area is 188 Å². The molecule has 1 heterocycles. The molecule has 1 N–H and O–H groups in total. The molecule has 7 heteroatoms. The van der Waals surface area contributed by atoms with E-state index in [4.69, 9.17) is 4.74 Å². The summed E-state index contributed by atoms with van der Waals surface area (Å²) in [7, 11) is -3.53. The first kappa shape index (κ1) is 21.0. The van der Waals surface area contributed by atoms with Crippen LogP contribution < -0.4 is 9.46 Å². The van der Waals surface area contributed by atoms with Crippen LogP contribution in [0, 0.1) is 11.3 Å². The number of fused-ring (bicyclic) bond motifs is 1. The van der Waals surface area contributed by atoms with Crippen molar-refractivity contribution in [2.45, 2.75) is 62.4 Å². The standard InChI is InChI=1S/C25H27N3O3S/c1-2-31-20-11-14-22-23(16-26)25(28(24(22)15-20)19-7-4-8-19)17-9-12-21(13-10-17)32(29,30)27-18-5-3-6-18/h9-15,18-19,27H,2-8H2,1H3. The lowest BCUT2D eigenvalue weighted by Crippen LogP contribution is -2.39. The Bertz CT molecular complexity index is 1290. The molecule has 3 aromatic rings. The Kier molecular flexibility index (Phi) is 5.44. The molecule has 6 nitrogen and oxygen atoms in total. The fraction of sp³-hybridized carbons (Fsp3) is 0.400. The monoisotopic (exact) mass is 449 g/mol. The Hall–Kier alpha value is -2.82. The minimum Gasteiger partial charge on any atom is -0.494 e. The van der Waals surface area contributed by atoms with E-state index in [0.717, 1.165) is 60.0 Å². The predicted molar refractivity (Wildman–Crippen MR) is 124 cm³/mol. The zero-order valence-electron chi connectivity index (χ0n) is 18.2. The SMILES string of the molecule is CCOc1ccc2c(C#N)c(-c3ccc(S(=O)(=O)NC4CCC4)cc3)n(C3CCC3)c2c1. The number of hydrogen-bond acceptors (Lipinski definition) is 4. The Balaban J connectivity index is 1.60. The molecular formula is C25H27N3O3S. The minimum atomic E-state index is -3.53. The first-order valence-electron chi connectivity index (χ1n) is 11.4. The number of aromatic nitrogens is 1. The number of ether oxygens (including phenoxy) is 1. The smallest absolute Gasteiger partial charge is 0.240 e. The Morgan fingerprint density at radius 3 is 2.38 bits per heavy atom. The van der Waals surface area contributed by atoms with Gasteiger partial charge in [-0.1, -0.05) is 18.6 Å². The molecule has 0 aliphatic heterocycles. The van der Waals surface area contributed by atoms with Gasteiger partial charge in [-0.2, -0.15) is 5.26 Å². The molecule has 0 radical (unpaired) electrons. The number of nitrogens with one attached hydrogen (secondary N) is 1. The molecule has 0 amide bonds. The Morgan fingerprint density at radius 1 is 1.09 bits per heavy atom.